The number of carbonyl (C=O) groups is 1. The van der Waals surface area contributed by atoms with Gasteiger partial charge in [-0.15, -0.1) is 0 Å². The number of fused-ring (bicyclic) bond motifs is 3. The largest absolute Gasteiger partial charge is 0.462 e. The lowest BCUT2D eigenvalue weighted by atomic mass is 9.96. The highest BCUT2D eigenvalue weighted by atomic mass is 16.5. The number of piperidine rings is 1. The summed E-state index contributed by atoms with van der Waals surface area (Å²) >= 11 is 0. The van der Waals surface area contributed by atoms with Crippen LogP contribution in [0.4, 0.5) is 5.69 Å². The van der Waals surface area contributed by atoms with Gasteiger partial charge in [-0.2, -0.15) is 5.26 Å². The molecule has 2 aromatic carbocycles. The molecule has 0 amide bonds. The van der Waals surface area contributed by atoms with Crippen molar-refractivity contribution >= 4 is 22.4 Å². The van der Waals surface area contributed by atoms with Crippen molar-refractivity contribution in [2.45, 2.75) is 63.1 Å². The molecule has 2 atom stereocenters. The number of rotatable bonds is 5. The highest BCUT2D eigenvalue weighted by molar-refractivity contribution is 5.98. The fraction of sp³-hybridized carbons (Fsp3) is 0.520. The molecule has 0 aliphatic carbocycles. The van der Waals surface area contributed by atoms with E-state index in [0.717, 1.165) is 61.7 Å². The molecule has 2 aromatic rings. The molecule has 2 bridgehead atoms. The molecule has 0 spiro atoms. The van der Waals surface area contributed by atoms with Crippen LogP contribution in [-0.2, 0) is 9.53 Å². The van der Waals surface area contributed by atoms with E-state index in [0.29, 0.717) is 18.5 Å². The fourth-order valence-corrected chi connectivity index (χ4v) is 5.72. The van der Waals surface area contributed by atoms with Crippen LogP contribution in [0.1, 0.15) is 50.5 Å². The lowest BCUT2D eigenvalue weighted by Crippen LogP contribution is -2.46. The Labute approximate surface area is 178 Å². The number of carbonyl (C=O) groups excluding carboxylic acids is 1. The number of anilines is 1. The van der Waals surface area contributed by atoms with Crippen molar-refractivity contribution in [2.75, 3.05) is 24.5 Å². The van der Waals surface area contributed by atoms with Gasteiger partial charge >= 0.3 is 5.97 Å². The van der Waals surface area contributed by atoms with Crippen LogP contribution in [0.5, 0.6) is 0 Å². The molecule has 5 nitrogen and oxygen atoms in total. The van der Waals surface area contributed by atoms with E-state index in [-0.39, 0.29) is 12.1 Å². The zero-order valence-corrected chi connectivity index (χ0v) is 17.4. The zero-order valence-electron chi connectivity index (χ0n) is 17.4. The Kier molecular flexibility index (Phi) is 5.35. The average molecular weight is 404 g/mol. The van der Waals surface area contributed by atoms with Crippen LogP contribution in [0.3, 0.4) is 0 Å². The Morgan fingerprint density at radius 2 is 1.73 bits per heavy atom. The fourth-order valence-electron chi connectivity index (χ4n) is 5.72. The van der Waals surface area contributed by atoms with Crippen molar-refractivity contribution < 1.29 is 9.53 Å². The van der Waals surface area contributed by atoms with E-state index in [1.54, 1.807) is 0 Å². The van der Waals surface area contributed by atoms with Gasteiger partial charge in [-0.3, -0.25) is 4.79 Å². The SMILES string of the molecule is N#Cc1ccc(N2C3CCC2CC(OC(=O)CCN2CCCC2)C3)c2ccccc12. The van der Waals surface area contributed by atoms with Gasteiger partial charge in [0.05, 0.1) is 18.1 Å². The molecule has 3 heterocycles. The van der Waals surface area contributed by atoms with Crippen molar-refractivity contribution in [3.8, 4) is 6.07 Å². The summed E-state index contributed by atoms with van der Waals surface area (Å²) in [7, 11) is 0. The van der Waals surface area contributed by atoms with Crippen LogP contribution in [0.25, 0.3) is 10.8 Å². The highest BCUT2D eigenvalue weighted by Crippen LogP contribution is 2.43. The third kappa shape index (κ3) is 3.65. The van der Waals surface area contributed by atoms with Crippen molar-refractivity contribution in [1.29, 1.82) is 5.26 Å². The van der Waals surface area contributed by atoms with Crippen LogP contribution >= 0.6 is 0 Å². The van der Waals surface area contributed by atoms with Gasteiger partial charge in [0.1, 0.15) is 6.10 Å². The molecule has 2 unspecified atom stereocenters. The monoisotopic (exact) mass is 403 g/mol. The number of nitriles is 1. The Morgan fingerprint density at radius 1 is 1.03 bits per heavy atom. The Bertz CT molecular complexity index is 962. The molecule has 0 N–H and O–H groups in total. The standard InChI is InChI=1S/C25H29N3O2/c26-17-18-7-10-24(23-6-2-1-5-22(18)23)28-19-8-9-20(28)16-21(15-19)30-25(29)11-14-27-12-3-4-13-27/h1-2,5-7,10,19-21H,3-4,8-9,11-16H2. The molecule has 30 heavy (non-hydrogen) atoms. The van der Waals surface area contributed by atoms with Gasteiger partial charge in [0, 0.05) is 47.9 Å². The van der Waals surface area contributed by atoms with E-state index in [4.69, 9.17) is 4.74 Å². The number of likely N-dealkylation sites (tertiary alicyclic amines) is 1. The maximum absolute atomic E-state index is 12.4. The summed E-state index contributed by atoms with van der Waals surface area (Å²) in [6.45, 7) is 3.07. The summed E-state index contributed by atoms with van der Waals surface area (Å²) in [5.74, 6) is -0.0384. The summed E-state index contributed by atoms with van der Waals surface area (Å²) in [4.78, 5) is 17.3. The quantitative estimate of drug-likeness (QED) is 0.699. The highest BCUT2D eigenvalue weighted by Gasteiger charge is 2.42. The number of hydrogen-bond donors (Lipinski definition) is 0. The maximum atomic E-state index is 12.4. The first kappa shape index (κ1) is 19.4. The van der Waals surface area contributed by atoms with Crippen molar-refractivity contribution in [2.24, 2.45) is 0 Å². The van der Waals surface area contributed by atoms with E-state index in [1.165, 1.54) is 18.5 Å². The molecule has 0 aromatic heterocycles. The minimum absolute atomic E-state index is 0.0365. The maximum Gasteiger partial charge on any atom is 0.307 e. The van der Waals surface area contributed by atoms with Crippen LogP contribution in [0, 0.1) is 11.3 Å². The average Bonchev–Trinajstić information content (AvgIpc) is 3.37. The van der Waals surface area contributed by atoms with Gasteiger partial charge in [-0.05, 0) is 50.9 Å². The molecule has 3 aliphatic heterocycles. The smallest absolute Gasteiger partial charge is 0.307 e. The minimum Gasteiger partial charge on any atom is -0.462 e. The Hall–Kier alpha value is -2.58. The molecular formula is C25H29N3O2. The Morgan fingerprint density at radius 3 is 2.43 bits per heavy atom. The Balaban J connectivity index is 1.28. The first-order valence-corrected chi connectivity index (χ1v) is 11.3. The summed E-state index contributed by atoms with van der Waals surface area (Å²) in [6, 6.07) is 15.4. The van der Waals surface area contributed by atoms with E-state index >= 15 is 0 Å². The first-order valence-electron chi connectivity index (χ1n) is 11.3. The second-order valence-corrected chi connectivity index (χ2v) is 8.96. The zero-order chi connectivity index (χ0) is 20.5. The van der Waals surface area contributed by atoms with E-state index in [2.05, 4.69) is 28.0 Å². The molecule has 3 saturated heterocycles. The predicted molar refractivity (Wildman–Crippen MR) is 117 cm³/mol. The molecule has 0 saturated carbocycles. The van der Waals surface area contributed by atoms with Crippen LogP contribution < -0.4 is 4.90 Å². The summed E-state index contributed by atoms with van der Waals surface area (Å²) < 4.78 is 5.90. The van der Waals surface area contributed by atoms with Gasteiger partial charge in [-0.1, -0.05) is 24.3 Å². The molecule has 5 rings (SSSR count). The molecule has 0 radical (unpaired) electrons. The van der Waals surface area contributed by atoms with Crippen LogP contribution in [-0.4, -0.2) is 48.7 Å². The molecule has 3 fully saturated rings. The molecule has 5 heteroatoms. The third-order valence-electron chi connectivity index (χ3n) is 7.12. The first-order chi connectivity index (χ1) is 14.7. The molecule has 156 valence electrons. The van der Waals surface area contributed by atoms with E-state index < -0.39 is 0 Å². The van der Waals surface area contributed by atoms with Gasteiger partial charge in [0.15, 0.2) is 0 Å². The van der Waals surface area contributed by atoms with E-state index in [1.807, 2.05) is 24.3 Å². The van der Waals surface area contributed by atoms with Gasteiger partial charge in [0.25, 0.3) is 0 Å². The number of ether oxygens (including phenoxy) is 1. The van der Waals surface area contributed by atoms with Gasteiger partial charge in [-0.25, -0.2) is 0 Å². The number of hydrogen-bond acceptors (Lipinski definition) is 5. The number of nitrogens with zero attached hydrogens (tertiary/aromatic N) is 3. The topological polar surface area (TPSA) is 56.6 Å². The summed E-state index contributed by atoms with van der Waals surface area (Å²) in [5, 5.41) is 11.6. The lowest BCUT2D eigenvalue weighted by Gasteiger charge is -2.40. The number of benzene rings is 2. The van der Waals surface area contributed by atoms with Crippen LogP contribution in [0.15, 0.2) is 36.4 Å². The predicted octanol–water partition coefficient (Wildman–Crippen LogP) is 4.24. The van der Waals surface area contributed by atoms with Crippen molar-refractivity contribution in [3.63, 3.8) is 0 Å². The second kappa shape index (κ2) is 8.28. The van der Waals surface area contributed by atoms with E-state index in [9.17, 15) is 10.1 Å². The molecule has 3 aliphatic rings. The van der Waals surface area contributed by atoms with Crippen LogP contribution in [0.2, 0.25) is 0 Å². The summed E-state index contributed by atoms with van der Waals surface area (Å²) in [6.07, 6.45) is 7.13. The van der Waals surface area contributed by atoms with Gasteiger partial charge < -0.3 is 14.5 Å². The molecular weight excluding hydrogens is 374 g/mol. The summed E-state index contributed by atoms with van der Waals surface area (Å²) in [5.41, 5.74) is 1.94. The lowest BCUT2D eigenvalue weighted by molar-refractivity contribution is -0.150. The number of esters is 1. The third-order valence-corrected chi connectivity index (χ3v) is 7.12. The minimum atomic E-state index is -0.0384. The van der Waals surface area contributed by atoms with Gasteiger partial charge in [0.2, 0.25) is 0 Å². The second-order valence-electron chi connectivity index (χ2n) is 8.96. The normalized spacial score (nSPS) is 26.1. The van der Waals surface area contributed by atoms with Crippen molar-refractivity contribution in [1.82, 2.24) is 4.90 Å². The van der Waals surface area contributed by atoms with Crippen molar-refractivity contribution in [3.05, 3.63) is 42.0 Å².